The van der Waals surface area contributed by atoms with Crippen molar-refractivity contribution in [2.24, 2.45) is 23.5 Å². The Morgan fingerprint density at radius 1 is 1.44 bits per heavy atom. The van der Waals surface area contributed by atoms with Crippen LogP contribution in [0.2, 0.25) is 0 Å². The highest BCUT2D eigenvalue weighted by Gasteiger charge is 2.29. The molecule has 18 heavy (non-hydrogen) atoms. The number of carbonyl (C=O) groups is 1. The number of hydrogen-bond donors (Lipinski definition) is 2. The Bertz CT molecular complexity index is 277. The molecule has 1 aliphatic heterocycles. The zero-order valence-electron chi connectivity index (χ0n) is 11.4. The van der Waals surface area contributed by atoms with Crippen molar-refractivity contribution in [1.82, 2.24) is 5.32 Å². The van der Waals surface area contributed by atoms with E-state index >= 15 is 0 Å². The Balaban J connectivity index is 1.79. The highest BCUT2D eigenvalue weighted by molar-refractivity contribution is 5.79. The molecule has 1 aliphatic carbocycles. The van der Waals surface area contributed by atoms with Crippen LogP contribution >= 0.6 is 0 Å². The number of hydrogen-bond acceptors (Lipinski definition) is 3. The van der Waals surface area contributed by atoms with E-state index in [9.17, 15) is 4.79 Å². The van der Waals surface area contributed by atoms with Gasteiger partial charge in [0.1, 0.15) is 0 Å². The predicted octanol–water partition coefficient (Wildman–Crippen LogP) is 1.29. The maximum absolute atomic E-state index is 12.2. The van der Waals surface area contributed by atoms with Crippen LogP contribution in [0.5, 0.6) is 0 Å². The maximum atomic E-state index is 12.2. The Morgan fingerprint density at radius 3 is 2.94 bits per heavy atom. The van der Waals surface area contributed by atoms with Crippen LogP contribution < -0.4 is 11.1 Å². The van der Waals surface area contributed by atoms with Crippen molar-refractivity contribution in [1.29, 1.82) is 0 Å². The molecule has 3 N–H and O–H groups in total. The summed E-state index contributed by atoms with van der Waals surface area (Å²) in [5.41, 5.74) is 5.72. The van der Waals surface area contributed by atoms with E-state index in [1.807, 2.05) is 0 Å². The molecule has 4 heteroatoms. The van der Waals surface area contributed by atoms with Crippen molar-refractivity contribution < 1.29 is 9.53 Å². The van der Waals surface area contributed by atoms with Crippen molar-refractivity contribution in [2.75, 3.05) is 19.8 Å². The summed E-state index contributed by atoms with van der Waals surface area (Å²) in [6, 6.07) is 0.234. The summed E-state index contributed by atoms with van der Waals surface area (Å²) >= 11 is 0. The average molecular weight is 254 g/mol. The van der Waals surface area contributed by atoms with Gasteiger partial charge in [0.15, 0.2) is 0 Å². The number of nitrogens with two attached hydrogens (primary N) is 1. The normalized spacial score (nSPS) is 34.2. The van der Waals surface area contributed by atoms with Crippen molar-refractivity contribution in [3.63, 3.8) is 0 Å². The van der Waals surface area contributed by atoms with Crippen LogP contribution in [0.25, 0.3) is 0 Å². The fraction of sp³-hybridized carbons (Fsp3) is 0.929. The first-order valence-electron chi connectivity index (χ1n) is 7.29. The third kappa shape index (κ3) is 3.45. The zero-order chi connectivity index (χ0) is 13.0. The largest absolute Gasteiger partial charge is 0.381 e. The smallest absolute Gasteiger partial charge is 0.223 e. The molecule has 1 amide bonds. The summed E-state index contributed by atoms with van der Waals surface area (Å²) in [7, 11) is 0. The van der Waals surface area contributed by atoms with E-state index in [4.69, 9.17) is 10.5 Å². The summed E-state index contributed by atoms with van der Waals surface area (Å²) in [5, 5.41) is 3.18. The van der Waals surface area contributed by atoms with E-state index in [1.54, 1.807) is 0 Å². The SMILES string of the molecule is CC(NC(=O)C1CCCC(CN)C1)C1CCOC1. The van der Waals surface area contributed by atoms with Gasteiger partial charge in [-0.3, -0.25) is 4.79 Å². The monoisotopic (exact) mass is 254 g/mol. The van der Waals surface area contributed by atoms with E-state index in [0.717, 1.165) is 45.4 Å². The Kier molecular flexibility index (Phi) is 5.01. The lowest BCUT2D eigenvalue weighted by molar-refractivity contribution is -0.127. The van der Waals surface area contributed by atoms with Crippen LogP contribution in [-0.4, -0.2) is 31.7 Å². The second-order valence-corrected chi connectivity index (χ2v) is 5.89. The maximum Gasteiger partial charge on any atom is 0.223 e. The second-order valence-electron chi connectivity index (χ2n) is 5.89. The summed E-state index contributed by atoms with van der Waals surface area (Å²) in [5.74, 6) is 1.44. The molecule has 0 aromatic carbocycles. The summed E-state index contributed by atoms with van der Waals surface area (Å²) in [4.78, 5) is 12.2. The average Bonchev–Trinajstić information content (AvgIpc) is 2.92. The summed E-state index contributed by atoms with van der Waals surface area (Å²) < 4.78 is 5.37. The third-order valence-corrected chi connectivity index (χ3v) is 4.53. The van der Waals surface area contributed by atoms with Gasteiger partial charge in [-0.05, 0) is 45.1 Å². The minimum atomic E-state index is 0.178. The molecular weight excluding hydrogens is 228 g/mol. The predicted molar refractivity (Wildman–Crippen MR) is 71.0 cm³/mol. The Labute approximate surface area is 110 Å². The van der Waals surface area contributed by atoms with Crippen molar-refractivity contribution >= 4 is 5.91 Å². The van der Waals surface area contributed by atoms with E-state index in [2.05, 4.69) is 12.2 Å². The Morgan fingerprint density at radius 2 is 2.28 bits per heavy atom. The summed E-state index contributed by atoms with van der Waals surface area (Å²) in [6.07, 6.45) is 5.39. The molecule has 4 nitrogen and oxygen atoms in total. The zero-order valence-corrected chi connectivity index (χ0v) is 11.4. The number of ether oxygens (including phenoxy) is 1. The standard InChI is InChI=1S/C14H26N2O2/c1-10(13-5-6-18-9-13)16-14(17)12-4-2-3-11(7-12)8-15/h10-13H,2-9,15H2,1H3,(H,16,17). The minimum Gasteiger partial charge on any atom is -0.381 e. The number of nitrogens with one attached hydrogen (secondary N) is 1. The van der Waals surface area contributed by atoms with E-state index in [1.165, 1.54) is 6.42 Å². The first-order chi connectivity index (χ1) is 8.70. The molecule has 1 heterocycles. The molecule has 4 atom stereocenters. The van der Waals surface area contributed by atoms with Crippen LogP contribution in [0.15, 0.2) is 0 Å². The number of amides is 1. The molecule has 0 radical (unpaired) electrons. The van der Waals surface area contributed by atoms with Gasteiger partial charge in [0.2, 0.25) is 5.91 Å². The van der Waals surface area contributed by atoms with Gasteiger partial charge in [-0.25, -0.2) is 0 Å². The molecule has 1 saturated carbocycles. The van der Waals surface area contributed by atoms with Crippen LogP contribution in [0, 0.1) is 17.8 Å². The quantitative estimate of drug-likeness (QED) is 0.794. The van der Waals surface area contributed by atoms with Crippen molar-refractivity contribution in [2.45, 2.75) is 45.1 Å². The topological polar surface area (TPSA) is 64.4 Å². The molecule has 104 valence electrons. The van der Waals surface area contributed by atoms with Gasteiger partial charge in [-0.15, -0.1) is 0 Å². The molecular formula is C14H26N2O2. The van der Waals surface area contributed by atoms with Gasteiger partial charge >= 0.3 is 0 Å². The van der Waals surface area contributed by atoms with Gasteiger partial charge in [-0.2, -0.15) is 0 Å². The second kappa shape index (κ2) is 6.53. The highest BCUT2D eigenvalue weighted by Crippen LogP contribution is 2.29. The van der Waals surface area contributed by atoms with E-state index in [0.29, 0.717) is 11.8 Å². The fourth-order valence-corrected chi connectivity index (χ4v) is 3.15. The molecule has 2 aliphatic rings. The summed E-state index contributed by atoms with van der Waals surface area (Å²) in [6.45, 7) is 4.44. The van der Waals surface area contributed by atoms with Crippen molar-refractivity contribution in [3.05, 3.63) is 0 Å². The lowest BCUT2D eigenvalue weighted by Crippen LogP contribution is -2.43. The first kappa shape index (κ1) is 13.8. The lowest BCUT2D eigenvalue weighted by Gasteiger charge is -2.29. The van der Waals surface area contributed by atoms with E-state index < -0.39 is 0 Å². The molecule has 0 bridgehead atoms. The molecule has 1 saturated heterocycles. The fourth-order valence-electron chi connectivity index (χ4n) is 3.15. The molecule has 0 aromatic rings. The number of rotatable bonds is 4. The molecule has 4 unspecified atom stereocenters. The van der Waals surface area contributed by atoms with Gasteiger partial charge in [0.05, 0.1) is 6.61 Å². The first-order valence-corrected chi connectivity index (χ1v) is 7.29. The van der Waals surface area contributed by atoms with Crippen LogP contribution in [0.1, 0.15) is 39.0 Å². The molecule has 2 rings (SSSR count). The van der Waals surface area contributed by atoms with Crippen LogP contribution in [-0.2, 0) is 9.53 Å². The van der Waals surface area contributed by atoms with Gasteiger partial charge in [-0.1, -0.05) is 6.42 Å². The van der Waals surface area contributed by atoms with Gasteiger partial charge < -0.3 is 15.8 Å². The molecule has 0 spiro atoms. The minimum absolute atomic E-state index is 0.178. The van der Waals surface area contributed by atoms with Gasteiger partial charge in [0, 0.05) is 24.5 Å². The third-order valence-electron chi connectivity index (χ3n) is 4.53. The number of carbonyl (C=O) groups excluding carboxylic acids is 1. The van der Waals surface area contributed by atoms with Crippen molar-refractivity contribution in [3.8, 4) is 0 Å². The van der Waals surface area contributed by atoms with Gasteiger partial charge in [0.25, 0.3) is 0 Å². The van der Waals surface area contributed by atoms with Crippen LogP contribution in [0.4, 0.5) is 0 Å². The van der Waals surface area contributed by atoms with E-state index in [-0.39, 0.29) is 17.9 Å². The highest BCUT2D eigenvalue weighted by atomic mass is 16.5. The van der Waals surface area contributed by atoms with Crippen LogP contribution in [0.3, 0.4) is 0 Å². The lowest BCUT2D eigenvalue weighted by atomic mass is 9.81. The molecule has 2 fully saturated rings. The molecule has 0 aromatic heterocycles. The Hall–Kier alpha value is -0.610.